The topological polar surface area (TPSA) is 17.1 Å². The van der Waals surface area contributed by atoms with E-state index in [1.165, 1.54) is 0 Å². The molecule has 0 saturated carbocycles. The van der Waals surface area contributed by atoms with Crippen LogP contribution >= 0.6 is 43.5 Å². The molecule has 0 spiro atoms. The van der Waals surface area contributed by atoms with E-state index in [1.54, 1.807) is 24.3 Å². The fourth-order valence-corrected chi connectivity index (χ4v) is 1.50. The minimum Gasteiger partial charge on any atom is -0.292 e. The number of alkyl halides is 2. The lowest BCUT2D eigenvalue weighted by molar-refractivity contribution is 0.101. The standard InChI is InChI=1S/C8H5Br2ClO/c9-8(10)7(12)5-3-1-2-4-6(5)11/h1-4,8H. The van der Waals surface area contributed by atoms with Crippen molar-refractivity contribution in [2.45, 2.75) is 3.74 Å². The third-order valence-electron chi connectivity index (χ3n) is 1.34. The van der Waals surface area contributed by atoms with Gasteiger partial charge in [-0.05, 0) is 12.1 Å². The van der Waals surface area contributed by atoms with Gasteiger partial charge in [-0.25, -0.2) is 0 Å². The van der Waals surface area contributed by atoms with E-state index in [1.807, 2.05) is 0 Å². The minimum atomic E-state index is -0.370. The Morgan fingerprint density at radius 1 is 1.33 bits per heavy atom. The quantitative estimate of drug-likeness (QED) is 0.602. The van der Waals surface area contributed by atoms with Crippen LogP contribution in [0.25, 0.3) is 0 Å². The molecule has 0 radical (unpaired) electrons. The Bertz CT molecular complexity index is 299. The van der Waals surface area contributed by atoms with Gasteiger partial charge in [-0.2, -0.15) is 0 Å². The SMILES string of the molecule is O=C(c1ccccc1Cl)C(Br)Br. The van der Waals surface area contributed by atoms with Crippen LogP contribution in [0.4, 0.5) is 0 Å². The van der Waals surface area contributed by atoms with Gasteiger partial charge in [0.2, 0.25) is 0 Å². The Morgan fingerprint density at radius 2 is 1.92 bits per heavy atom. The highest BCUT2D eigenvalue weighted by atomic mass is 79.9. The number of ketones is 1. The predicted octanol–water partition coefficient (Wildman–Crippen LogP) is 3.64. The fourth-order valence-electron chi connectivity index (χ4n) is 0.779. The molecule has 0 amide bonds. The van der Waals surface area contributed by atoms with Gasteiger partial charge in [0, 0.05) is 5.56 Å². The van der Waals surface area contributed by atoms with Crippen LogP contribution in [0, 0.1) is 0 Å². The summed E-state index contributed by atoms with van der Waals surface area (Å²) < 4.78 is -0.370. The van der Waals surface area contributed by atoms with Crippen LogP contribution < -0.4 is 0 Å². The minimum absolute atomic E-state index is 0.0689. The van der Waals surface area contributed by atoms with Crippen molar-refractivity contribution in [2.75, 3.05) is 0 Å². The monoisotopic (exact) mass is 310 g/mol. The fraction of sp³-hybridized carbons (Fsp3) is 0.125. The van der Waals surface area contributed by atoms with E-state index in [0.717, 1.165) is 0 Å². The van der Waals surface area contributed by atoms with Gasteiger partial charge >= 0.3 is 0 Å². The third kappa shape index (κ3) is 2.31. The molecule has 0 atom stereocenters. The molecule has 0 unspecified atom stereocenters. The lowest BCUT2D eigenvalue weighted by atomic mass is 10.1. The molecule has 12 heavy (non-hydrogen) atoms. The summed E-state index contributed by atoms with van der Waals surface area (Å²) in [5.41, 5.74) is 0.526. The van der Waals surface area contributed by atoms with E-state index in [0.29, 0.717) is 10.6 Å². The van der Waals surface area contributed by atoms with Crippen molar-refractivity contribution in [1.82, 2.24) is 0 Å². The summed E-state index contributed by atoms with van der Waals surface area (Å²) in [6, 6.07) is 6.95. The van der Waals surface area contributed by atoms with Crippen LogP contribution in [0.15, 0.2) is 24.3 Å². The van der Waals surface area contributed by atoms with Gasteiger partial charge in [-0.1, -0.05) is 55.6 Å². The Morgan fingerprint density at radius 3 is 2.42 bits per heavy atom. The molecule has 4 heteroatoms. The van der Waals surface area contributed by atoms with E-state index in [4.69, 9.17) is 11.6 Å². The number of benzene rings is 1. The van der Waals surface area contributed by atoms with Gasteiger partial charge in [-0.15, -0.1) is 0 Å². The van der Waals surface area contributed by atoms with E-state index in [2.05, 4.69) is 31.9 Å². The maximum absolute atomic E-state index is 11.4. The highest BCUT2D eigenvalue weighted by molar-refractivity contribution is 9.25. The molecule has 0 aliphatic rings. The van der Waals surface area contributed by atoms with E-state index >= 15 is 0 Å². The molecule has 0 heterocycles. The second-order valence-electron chi connectivity index (χ2n) is 2.14. The van der Waals surface area contributed by atoms with Crippen molar-refractivity contribution >= 4 is 49.2 Å². The van der Waals surface area contributed by atoms with Crippen molar-refractivity contribution in [3.63, 3.8) is 0 Å². The second-order valence-corrected chi connectivity index (χ2v) is 5.61. The first-order valence-electron chi connectivity index (χ1n) is 3.20. The first kappa shape index (κ1) is 10.2. The maximum atomic E-state index is 11.4. The molecule has 1 aromatic carbocycles. The summed E-state index contributed by atoms with van der Waals surface area (Å²) in [7, 11) is 0. The van der Waals surface area contributed by atoms with E-state index in [9.17, 15) is 4.79 Å². The number of rotatable bonds is 2. The van der Waals surface area contributed by atoms with Crippen molar-refractivity contribution in [1.29, 1.82) is 0 Å². The highest BCUT2D eigenvalue weighted by Gasteiger charge is 2.15. The zero-order chi connectivity index (χ0) is 9.14. The van der Waals surface area contributed by atoms with Crippen LogP contribution in [-0.2, 0) is 0 Å². The van der Waals surface area contributed by atoms with Gasteiger partial charge in [0.25, 0.3) is 0 Å². The summed E-state index contributed by atoms with van der Waals surface area (Å²) in [6.45, 7) is 0. The van der Waals surface area contributed by atoms with Crippen molar-refractivity contribution < 1.29 is 4.79 Å². The Balaban J connectivity index is 3.03. The third-order valence-corrected chi connectivity index (χ3v) is 2.50. The lowest BCUT2D eigenvalue weighted by Crippen LogP contribution is -2.07. The molecular formula is C8H5Br2ClO. The van der Waals surface area contributed by atoms with Crippen molar-refractivity contribution in [3.05, 3.63) is 34.9 Å². The first-order valence-corrected chi connectivity index (χ1v) is 5.40. The molecule has 0 aliphatic heterocycles. The molecule has 1 nitrogen and oxygen atoms in total. The molecule has 0 aromatic heterocycles. The van der Waals surface area contributed by atoms with Crippen molar-refractivity contribution in [2.24, 2.45) is 0 Å². The average Bonchev–Trinajstić information content (AvgIpc) is 2.04. The maximum Gasteiger partial charge on any atom is 0.188 e. The zero-order valence-corrected chi connectivity index (χ0v) is 9.86. The summed E-state index contributed by atoms with van der Waals surface area (Å²) in [5.74, 6) is -0.0689. The number of hydrogen-bond acceptors (Lipinski definition) is 1. The number of Topliss-reactive ketones (excluding diaryl/α,β-unsaturated/α-hetero) is 1. The lowest BCUT2D eigenvalue weighted by Gasteiger charge is -2.02. The van der Waals surface area contributed by atoms with Gasteiger partial charge in [0.1, 0.15) is 3.74 Å². The Kier molecular flexibility index (Phi) is 3.75. The molecule has 0 saturated heterocycles. The van der Waals surface area contributed by atoms with Crippen molar-refractivity contribution in [3.8, 4) is 0 Å². The molecule has 0 fully saturated rings. The van der Waals surface area contributed by atoms with Crippen LogP contribution in [0.5, 0.6) is 0 Å². The Hall–Kier alpha value is 0.140. The van der Waals surface area contributed by atoms with Gasteiger partial charge in [0.05, 0.1) is 5.02 Å². The molecular weight excluding hydrogens is 307 g/mol. The summed E-state index contributed by atoms with van der Waals surface area (Å²) >= 11 is 12.0. The van der Waals surface area contributed by atoms with Crippen LogP contribution in [-0.4, -0.2) is 9.52 Å². The molecule has 0 aliphatic carbocycles. The molecule has 0 N–H and O–H groups in total. The Labute approximate surface area is 92.4 Å². The highest BCUT2D eigenvalue weighted by Crippen LogP contribution is 2.21. The smallest absolute Gasteiger partial charge is 0.188 e. The van der Waals surface area contributed by atoms with Crippen LogP contribution in [0.2, 0.25) is 5.02 Å². The van der Waals surface area contributed by atoms with E-state index in [-0.39, 0.29) is 9.52 Å². The molecule has 64 valence electrons. The van der Waals surface area contributed by atoms with Gasteiger partial charge < -0.3 is 0 Å². The molecule has 0 bridgehead atoms. The molecule has 1 rings (SSSR count). The first-order chi connectivity index (χ1) is 5.63. The number of carbonyl (C=O) groups excluding carboxylic acids is 1. The van der Waals surface area contributed by atoms with Crippen LogP contribution in [0.1, 0.15) is 10.4 Å². The van der Waals surface area contributed by atoms with Crippen LogP contribution in [0.3, 0.4) is 0 Å². The average molecular weight is 312 g/mol. The summed E-state index contributed by atoms with van der Waals surface area (Å²) in [6.07, 6.45) is 0. The summed E-state index contributed by atoms with van der Waals surface area (Å²) in [5, 5.41) is 0.478. The van der Waals surface area contributed by atoms with Gasteiger partial charge in [0.15, 0.2) is 5.78 Å². The number of hydrogen-bond donors (Lipinski definition) is 0. The normalized spacial score (nSPS) is 10.3. The summed E-state index contributed by atoms with van der Waals surface area (Å²) in [4.78, 5) is 11.4. The zero-order valence-electron chi connectivity index (χ0n) is 5.93. The second kappa shape index (κ2) is 4.40. The largest absolute Gasteiger partial charge is 0.292 e. The number of carbonyl (C=O) groups is 1. The molecule has 1 aromatic rings. The van der Waals surface area contributed by atoms with E-state index < -0.39 is 0 Å². The number of halogens is 3. The predicted molar refractivity (Wildman–Crippen MR) is 57.4 cm³/mol. The van der Waals surface area contributed by atoms with Gasteiger partial charge in [-0.3, -0.25) is 4.79 Å².